The van der Waals surface area contributed by atoms with Gasteiger partial charge >= 0.3 is 0 Å². The van der Waals surface area contributed by atoms with Gasteiger partial charge in [0, 0.05) is 0 Å². The molecule has 0 bridgehead atoms. The largest absolute Gasteiger partial charge is 0.505 e. The quantitative estimate of drug-likeness (QED) is 0.0685. The van der Waals surface area contributed by atoms with Crippen LogP contribution in [0.15, 0.2) is 164 Å². The normalized spacial score (nSPS) is 20.6. The molecule has 0 saturated carbocycles. The third kappa shape index (κ3) is 12.4. The maximum absolute atomic E-state index is 10.6. The van der Waals surface area contributed by atoms with E-state index < -0.39 is 42.9 Å². The predicted octanol–water partition coefficient (Wildman–Crippen LogP) is 8.34. The van der Waals surface area contributed by atoms with Crippen LogP contribution in [0.1, 0.15) is 27.8 Å². The Bertz CT molecular complexity index is 1880. The summed E-state index contributed by atoms with van der Waals surface area (Å²) < 4.78 is 51.6. The maximum Gasteiger partial charge on any atom is 0.188 e. The Balaban J connectivity index is 1.33. The average Bonchev–Trinajstić information content (AvgIpc) is 3.26. The van der Waals surface area contributed by atoms with Crippen LogP contribution in [0, 0.1) is 11.3 Å². The van der Waals surface area contributed by atoms with Gasteiger partial charge in [-0.05, 0) is 33.9 Å². The Morgan fingerprint density at radius 3 is 1.46 bits per heavy atom. The summed E-state index contributed by atoms with van der Waals surface area (Å²) in [5.74, 6) is 0. The first-order chi connectivity index (χ1) is 27.7. The van der Waals surface area contributed by atoms with Crippen LogP contribution < -0.4 is 0 Å². The van der Waals surface area contributed by atoms with E-state index >= 15 is 0 Å². The minimum atomic E-state index is -1.12. The number of hydrogen-bond acceptors (Lipinski definition) is 9. The first kappa shape index (κ1) is 40.5. The van der Waals surface area contributed by atoms with E-state index in [-0.39, 0.29) is 26.4 Å². The molecule has 7 atom stereocenters. The summed E-state index contributed by atoms with van der Waals surface area (Å²) in [6.45, 7) is 1.56. The van der Waals surface area contributed by atoms with E-state index in [1.165, 1.54) is 13.4 Å². The number of ether oxygens (including phenoxy) is 8. The second kappa shape index (κ2) is 22.4. The second-order valence-corrected chi connectivity index (χ2v) is 13.3. The lowest BCUT2D eigenvalue weighted by molar-refractivity contribution is -0.336. The molecule has 56 heavy (non-hydrogen) atoms. The molecule has 5 aromatic carbocycles. The predicted molar refractivity (Wildman–Crippen MR) is 211 cm³/mol. The molecule has 0 spiro atoms. The molecule has 6 rings (SSSR count). The lowest BCUT2D eigenvalue weighted by Gasteiger charge is -2.46. The second-order valence-electron chi connectivity index (χ2n) is 13.3. The van der Waals surface area contributed by atoms with Crippen molar-refractivity contribution < 1.29 is 37.9 Å². The van der Waals surface area contributed by atoms with Gasteiger partial charge in [0.1, 0.15) is 30.5 Å². The van der Waals surface area contributed by atoms with Crippen molar-refractivity contribution in [1.82, 2.24) is 0 Å². The summed E-state index contributed by atoms with van der Waals surface area (Å²) in [4.78, 5) is 0. The lowest BCUT2D eigenvalue weighted by Crippen LogP contribution is -2.62. The van der Waals surface area contributed by atoms with Crippen LogP contribution in [-0.4, -0.2) is 56.6 Å². The van der Waals surface area contributed by atoms with Crippen molar-refractivity contribution in [2.45, 2.75) is 75.9 Å². The van der Waals surface area contributed by atoms with E-state index in [9.17, 15) is 5.26 Å². The molecular formula is C47H49NO8. The highest BCUT2D eigenvalue weighted by molar-refractivity contribution is 5.17. The SMILES string of the molecule is CO/C=C/[C@@H](OCc1ccccc1)[C@@H](C#N)O[C@@H]1O[C@H](COCc2ccccc2)[C@H](OCc2ccccc2)[C@H](OCc2ccccc2)[C@H]1OCc1ccccc1. The van der Waals surface area contributed by atoms with Crippen molar-refractivity contribution in [3.8, 4) is 6.07 Å². The first-order valence-electron chi connectivity index (χ1n) is 18.8. The maximum atomic E-state index is 10.6. The summed E-state index contributed by atoms with van der Waals surface area (Å²) in [6, 6.07) is 51.7. The van der Waals surface area contributed by atoms with Crippen LogP contribution >= 0.6 is 0 Å². The van der Waals surface area contributed by atoms with Crippen LogP contribution in [0.5, 0.6) is 0 Å². The molecular weight excluding hydrogens is 707 g/mol. The summed E-state index contributed by atoms with van der Waals surface area (Å²) in [5.41, 5.74) is 4.89. The van der Waals surface area contributed by atoms with E-state index in [0.717, 1.165) is 27.8 Å². The molecule has 0 aliphatic carbocycles. The van der Waals surface area contributed by atoms with E-state index in [2.05, 4.69) is 6.07 Å². The number of benzene rings is 5. The first-order valence-corrected chi connectivity index (χ1v) is 18.8. The van der Waals surface area contributed by atoms with E-state index in [1.54, 1.807) is 6.08 Å². The third-order valence-electron chi connectivity index (χ3n) is 9.24. The number of nitrogens with zero attached hydrogens (tertiary/aromatic N) is 1. The molecule has 1 aliphatic heterocycles. The fourth-order valence-electron chi connectivity index (χ4n) is 6.35. The molecule has 9 heteroatoms. The van der Waals surface area contributed by atoms with Gasteiger partial charge in [-0.25, -0.2) is 0 Å². The Hall–Kier alpha value is -5.15. The highest BCUT2D eigenvalue weighted by Crippen LogP contribution is 2.33. The van der Waals surface area contributed by atoms with Crippen LogP contribution in [0.25, 0.3) is 0 Å². The molecule has 1 heterocycles. The van der Waals surface area contributed by atoms with Gasteiger partial charge in [0.15, 0.2) is 12.4 Å². The molecule has 1 aliphatic rings. The minimum Gasteiger partial charge on any atom is -0.505 e. The zero-order valence-electron chi connectivity index (χ0n) is 31.6. The molecule has 0 unspecified atom stereocenters. The van der Waals surface area contributed by atoms with Crippen molar-refractivity contribution in [2.75, 3.05) is 13.7 Å². The molecule has 0 N–H and O–H groups in total. The molecule has 290 valence electrons. The van der Waals surface area contributed by atoms with Gasteiger partial charge in [-0.3, -0.25) is 0 Å². The third-order valence-corrected chi connectivity index (χ3v) is 9.24. The van der Waals surface area contributed by atoms with Gasteiger partial charge in [0.2, 0.25) is 0 Å². The van der Waals surface area contributed by atoms with Crippen molar-refractivity contribution >= 4 is 0 Å². The number of nitriles is 1. The molecule has 0 radical (unpaired) electrons. The average molecular weight is 756 g/mol. The van der Waals surface area contributed by atoms with E-state index in [1.807, 2.05) is 152 Å². The van der Waals surface area contributed by atoms with Crippen molar-refractivity contribution in [2.24, 2.45) is 0 Å². The van der Waals surface area contributed by atoms with Crippen molar-refractivity contribution in [3.63, 3.8) is 0 Å². The summed E-state index contributed by atoms with van der Waals surface area (Å²) in [6.07, 6.45) is -2.79. The molecule has 0 aromatic heterocycles. The van der Waals surface area contributed by atoms with Crippen molar-refractivity contribution in [1.29, 1.82) is 5.26 Å². The molecule has 1 saturated heterocycles. The van der Waals surface area contributed by atoms with Gasteiger partial charge < -0.3 is 37.9 Å². The highest BCUT2D eigenvalue weighted by Gasteiger charge is 2.50. The molecule has 1 fully saturated rings. The van der Waals surface area contributed by atoms with Crippen LogP contribution in [0.3, 0.4) is 0 Å². The van der Waals surface area contributed by atoms with Crippen LogP contribution in [-0.2, 0) is 70.9 Å². The summed E-state index contributed by atoms with van der Waals surface area (Å²) >= 11 is 0. The highest BCUT2D eigenvalue weighted by atomic mass is 16.7. The molecule has 0 amide bonds. The zero-order valence-corrected chi connectivity index (χ0v) is 31.6. The number of hydrogen-bond donors (Lipinski definition) is 0. The fourth-order valence-corrected chi connectivity index (χ4v) is 6.35. The topological polar surface area (TPSA) is 97.6 Å². The van der Waals surface area contributed by atoms with Gasteiger partial charge in [-0.15, -0.1) is 0 Å². The van der Waals surface area contributed by atoms with Crippen LogP contribution in [0.4, 0.5) is 0 Å². The smallest absolute Gasteiger partial charge is 0.188 e. The standard InChI is InChI=1S/C47H49NO8/c1-49-28-27-41(51-31-37-19-9-3-10-20-37)42(29-48)55-47-46(54-34-40-25-15-6-16-26-40)45(53-33-39-23-13-5-14-24-39)44(52-32-38-21-11-4-12-22-38)43(56-47)35-50-30-36-17-7-2-8-18-36/h2-28,41-47H,30-35H2,1H3/b28-27+/t41-,42-,43-,44+,45+,46-,47-/m1/s1. The number of methoxy groups -OCH3 is 1. The minimum absolute atomic E-state index is 0.152. The van der Waals surface area contributed by atoms with Gasteiger partial charge in [-0.2, -0.15) is 5.26 Å². The fraction of sp³-hybridized carbons (Fsp3) is 0.298. The van der Waals surface area contributed by atoms with Gasteiger partial charge in [0.05, 0.1) is 59.1 Å². The number of rotatable bonds is 21. The molecule has 5 aromatic rings. The van der Waals surface area contributed by atoms with E-state index in [4.69, 9.17) is 37.9 Å². The Morgan fingerprint density at radius 1 is 0.571 bits per heavy atom. The van der Waals surface area contributed by atoms with Gasteiger partial charge in [0.25, 0.3) is 0 Å². The molecule has 9 nitrogen and oxygen atoms in total. The zero-order chi connectivity index (χ0) is 38.6. The summed E-state index contributed by atoms with van der Waals surface area (Å²) in [5, 5.41) is 10.6. The monoisotopic (exact) mass is 755 g/mol. The Labute approximate surface area is 329 Å². The lowest BCUT2D eigenvalue weighted by atomic mass is 9.97. The Kier molecular flexibility index (Phi) is 16.2. The summed E-state index contributed by atoms with van der Waals surface area (Å²) in [7, 11) is 1.54. The Morgan fingerprint density at radius 2 is 1.00 bits per heavy atom. The van der Waals surface area contributed by atoms with Crippen molar-refractivity contribution in [3.05, 3.63) is 192 Å². The van der Waals surface area contributed by atoms with Crippen LogP contribution in [0.2, 0.25) is 0 Å². The van der Waals surface area contributed by atoms with Gasteiger partial charge in [-0.1, -0.05) is 152 Å². The van der Waals surface area contributed by atoms with E-state index in [0.29, 0.717) is 13.2 Å².